The highest BCUT2D eigenvalue weighted by atomic mass is 16.3. The maximum Gasteiger partial charge on any atom is 0.115 e. The van der Waals surface area contributed by atoms with Crippen LogP contribution in [0.4, 0.5) is 0 Å². The van der Waals surface area contributed by atoms with Crippen molar-refractivity contribution in [3.05, 3.63) is 36.2 Å². The van der Waals surface area contributed by atoms with E-state index in [0.717, 1.165) is 11.4 Å². The molecule has 0 aliphatic heterocycles. The summed E-state index contributed by atoms with van der Waals surface area (Å²) in [5.41, 5.74) is 1.71. The number of hydrogen-bond acceptors (Lipinski definition) is 3. The molecule has 4 heteroatoms. The van der Waals surface area contributed by atoms with Gasteiger partial charge in [0.05, 0.1) is 17.6 Å². The zero-order chi connectivity index (χ0) is 9.26. The number of nitrogens with zero attached hydrogens (tertiary/aromatic N) is 3. The van der Waals surface area contributed by atoms with Gasteiger partial charge in [-0.1, -0.05) is 0 Å². The van der Waals surface area contributed by atoms with Crippen molar-refractivity contribution in [3.63, 3.8) is 0 Å². The minimum Gasteiger partial charge on any atom is -0.508 e. The molecule has 0 atom stereocenters. The molecule has 0 fully saturated rings. The van der Waals surface area contributed by atoms with E-state index in [-0.39, 0.29) is 5.75 Å². The Morgan fingerprint density at radius 2 is 1.92 bits per heavy atom. The molecule has 0 amide bonds. The molecule has 1 aromatic carbocycles. The monoisotopic (exact) mass is 175 g/mol. The molecule has 2 aromatic rings. The zero-order valence-corrected chi connectivity index (χ0v) is 7.18. The van der Waals surface area contributed by atoms with Crippen LogP contribution >= 0.6 is 0 Å². The third-order valence-corrected chi connectivity index (χ3v) is 1.69. The highest BCUT2D eigenvalue weighted by Gasteiger charge is 1.98. The van der Waals surface area contributed by atoms with Gasteiger partial charge in [0.1, 0.15) is 5.75 Å². The van der Waals surface area contributed by atoms with E-state index in [1.165, 1.54) is 4.80 Å². The summed E-state index contributed by atoms with van der Waals surface area (Å²) in [6.45, 7) is 1.88. The van der Waals surface area contributed by atoms with Crippen molar-refractivity contribution < 1.29 is 5.11 Å². The second-order valence-electron chi connectivity index (χ2n) is 2.79. The Morgan fingerprint density at radius 3 is 2.46 bits per heavy atom. The van der Waals surface area contributed by atoms with Gasteiger partial charge >= 0.3 is 0 Å². The van der Waals surface area contributed by atoms with Crippen LogP contribution in [0, 0.1) is 6.92 Å². The van der Waals surface area contributed by atoms with Crippen LogP contribution in [-0.4, -0.2) is 20.1 Å². The predicted octanol–water partition coefficient (Wildman–Crippen LogP) is 1.28. The van der Waals surface area contributed by atoms with Crippen LogP contribution in [-0.2, 0) is 0 Å². The van der Waals surface area contributed by atoms with Crippen LogP contribution in [0.2, 0.25) is 0 Å². The Morgan fingerprint density at radius 1 is 1.23 bits per heavy atom. The van der Waals surface area contributed by atoms with E-state index in [0.29, 0.717) is 0 Å². The summed E-state index contributed by atoms with van der Waals surface area (Å²) in [6.07, 6.45) is 1.69. The smallest absolute Gasteiger partial charge is 0.115 e. The molecule has 0 bridgehead atoms. The first kappa shape index (κ1) is 7.79. The summed E-state index contributed by atoms with van der Waals surface area (Å²) in [4.78, 5) is 1.52. The van der Waals surface area contributed by atoms with Crippen molar-refractivity contribution in [1.29, 1.82) is 0 Å². The number of phenolic OH excluding ortho intramolecular Hbond substituents is 1. The van der Waals surface area contributed by atoms with E-state index in [2.05, 4.69) is 10.2 Å². The van der Waals surface area contributed by atoms with Gasteiger partial charge in [-0.2, -0.15) is 15.0 Å². The second kappa shape index (κ2) is 2.90. The minimum atomic E-state index is 0.243. The SMILES string of the molecule is Cc1cnn(-c2ccc(O)cc2)n1. The number of rotatable bonds is 1. The van der Waals surface area contributed by atoms with Crippen LogP contribution < -0.4 is 0 Å². The Hall–Kier alpha value is -1.84. The molecule has 0 aliphatic rings. The molecule has 1 aromatic heterocycles. The number of aromatic nitrogens is 3. The first-order valence-corrected chi connectivity index (χ1v) is 3.94. The third-order valence-electron chi connectivity index (χ3n) is 1.69. The Balaban J connectivity index is 2.41. The molecule has 1 N–H and O–H groups in total. The average Bonchev–Trinajstić information content (AvgIpc) is 2.53. The highest BCUT2D eigenvalue weighted by molar-refractivity contribution is 5.34. The van der Waals surface area contributed by atoms with Crippen molar-refractivity contribution >= 4 is 0 Å². The third kappa shape index (κ3) is 1.51. The van der Waals surface area contributed by atoms with Gasteiger partial charge in [-0.3, -0.25) is 0 Å². The lowest BCUT2D eigenvalue weighted by atomic mass is 10.3. The van der Waals surface area contributed by atoms with Gasteiger partial charge in [-0.15, -0.1) is 0 Å². The van der Waals surface area contributed by atoms with Crippen molar-refractivity contribution in [2.75, 3.05) is 0 Å². The number of benzene rings is 1. The molecule has 0 aliphatic carbocycles. The quantitative estimate of drug-likeness (QED) is 0.710. The Kier molecular flexibility index (Phi) is 1.73. The minimum absolute atomic E-state index is 0.243. The fourth-order valence-electron chi connectivity index (χ4n) is 1.05. The van der Waals surface area contributed by atoms with Crippen LogP contribution in [0.1, 0.15) is 5.69 Å². The maximum atomic E-state index is 9.06. The largest absolute Gasteiger partial charge is 0.508 e. The zero-order valence-electron chi connectivity index (χ0n) is 7.18. The molecule has 0 saturated carbocycles. The molecule has 13 heavy (non-hydrogen) atoms. The van der Waals surface area contributed by atoms with Crippen LogP contribution in [0.3, 0.4) is 0 Å². The van der Waals surface area contributed by atoms with Gasteiger partial charge in [-0.25, -0.2) is 0 Å². The normalized spacial score (nSPS) is 10.2. The summed E-state index contributed by atoms with van der Waals surface area (Å²) >= 11 is 0. The summed E-state index contributed by atoms with van der Waals surface area (Å²) in [6, 6.07) is 6.73. The summed E-state index contributed by atoms with van der Waals surface area (Å²) < 4.78 is 0. The van der Waals surface area contributed by atoms with E-state index in [1.54, 1.807) is 30.5 Å². The molecule has 0 unspecified atom stereocenters. The van der Waals surface area contributed by atoms with E-state index < -0.39 is 0 Å². The summed E-state index contributed by atoms with van der Waals surface area (Å²) in [5.74, 6) is 0.243. The first-order valence-electron chi connectivity index (χ1n) is 3.94. The lowest BCUT2D eigenvalue weighted by molar-refractivity contribution is 0.475. The molecule has 4 nitrogen and oxygen atoms in total. The van der Waals surface area contributed by atoms with Gasteiger partial charge in [0.25, 0.3) is 0 Å². The van der Waals surface area contributed by atoms with E-state index in [9.17, 15) is 0 Å². The number of hydrogen-bond donors (Lipinski definition) is 1. The summed E-state index contributed by atoms with van der Waals surface area (Å²) in [7, 11) is 0. The first-order chi connectivity index (χ1) is 6.25. The van der Waals surface area contributed by atoms with Gasteiger partial charge in [0.15, 0.2) is 0 Å². The molecule has 0 spiro atoms. The van der Waals surface area contributed by atoms with Crippen molar-refractivity contribution in [2.24, 2.45) is 0 Å². The summed E-state index contributed by atoms with van der Waals surface area (Å²) in [5, 5.41) is 17.2. The van der Waals surface area contributed by atoms with Gasteiger partial charge in [0, 0.05) is 0 Å². The standard InChI is InChI=1S/C9H9N3O/c1-7-6-10-12(11-7)8-2-4-9(13)5-3-8/h2-6,13H,1H3. The van der Waals surface area contributed by atoms with E-state index in [4.69, 9.17) is 5.11 Å². The molecule has 0 radical (unpaired) electrons. The topological polar surface area (TPSA) is 50.9 Å². The number of aryl methyl sites for hydroxylation is 1. The lowest BCUT2D eigenvalue weighted by Gasteiger charge is -1.98. The Labute approximate surface area is 75.4 Å². The van der Waals surface area contributed by atoms with Crippen LogP contribution in [0.5, 0.6) is 5.75 Å². The molecular weight excluding hydrogens is 166 g/mol. The lowest BCUT2D eigenvalue weighted by Crippen LogP contribution is -1.97. The molecule has 0 saturated heterocycles. The Bertz CT molecular complexity index is 405. The predicted molar refractivity (Wildman–Crippen MR) is 47.8 cm³/mol. The molecular formula is C9H9N3O. The van der Waals surface area contributed by atoms with Crippen molar-refractivity contribution in [1.82, 2.24) is 15.0 Å². The number of phenols is 1. The number of aromatic hydroxyl groups is 1. The van der Waals surface area contributed by atoms with Crippen LogP contribution in [0.15, 0.2) is 30.5 Å². The molecule has 1 heterocycles. The van der Waals surface area contributed by atoms with Gasteiger partial charge in [-0.05, 0) is 31.2 Å². The van der Waals surface area contributed by atoms with Crippen molar-refractivity contribution in [2.45, 2.75) is 6.92 Å². The van der Waals surface area contributed by atoms with Gasteiger partial charge in [0.2, 0.25) is 0 Å². The average molecular weight is 175 g/mol. The van der Waals surface area contributed by atoms with Crippen molar-refractivity contribution in [3.8, 4) is 11.4 Å². The van der Waals surface area contributed by atoms with Gasteiger partial charge < -0.3 is 5.11 Å². The fraction of sp³-hybridized carbons (Fsp3) is 0.111. The maximum absolute atomic E-state index is 9.06. The van der Waals surface area contributed by atoms with E-state index >= 15 is 0 Å². The fourth-order valence-corrected chi connectivity index (χ4v) is 1.05. The van der Waals surface area contributed by atoms with E-state index in [1.807, 2.05) is 6.92 Å². The highest BCUT2D eigenvalue weighted by Crippen LogP contribution is 2.11. The molecule has 2 rings (SSSR count). The second-order valence-corrected chi connectivity index (χ2v) is 2.79. The molecule has 66 valence electrons. The van der Waals surface area contributed by atoms with Crippen LogP contribution in [0.25, 0.3) is 5.69 Å².